The first-order valence-corrected chi connectivity index (χ1v) is 16.6. The monoisotopic (exact) mass is 604 g/mol. The molecule has 4 aliphatic heterocycles. The summed E-state index contributed by atoms with van der Waals surface area (Å²) in [5, 5.41) is 13.3. The second kappa shape index (κ2) is 12.4. The Morgan fingerprint density at radius 1 is 0.864 bits per heavy atom. The number of ether oxygens (including phenoxy) is 1. The molecule has 1 aromatic heterocycles. The number of carbonyl (C=O) groups is 1. The summed E-state index contributed by atoms with van der Waals surface area (Å²) in [6.45, 7) is 15.8. The predicted molar refractivity (Wildman–Crippen MR) is 174 cm³/mol. The minimum atomic E-state index is -1.29. The van der Waals surface area contributed by atoms with Crippen LogP contribution in [0.4, 0.5) is 17.6 Å². The van der Waals surface area contributed by atoms with Gasteiger partial charge < -0.3 is 19.4 Å². The zero-order chi connectivity index (χ0) is 31.2. The molecule has 239 valence electrons. The first-order chi connectivity index (χ1) is 21.1. The van der Waals surface area contributed by atoms with Crippen molar-refractivity contribution < 1.29 is 14.6 Å². The highest BCUT2D eigenvalue weighted by Crippen LogP contribution is 2.44. The fourth-order valence-electron chi connectivity index (χ4n) is 7.87. The predicted octanol–water partition coefficient (Wildman–Crippen LogP) is 3.85. The van der Waals surface area contributed by atoms with Crippen molar-refractivity contribution in [3.05, 3.63) is 33.9 Å². The van der Waals surface area contributed by atoms with Crippen LogP contribution >= 0.6 is 0 Å². The number of hydrogen-bond donors (Lipinski definition) is 0. The molecular formula is C34H50N7O3. The summed E-state index contributed by atoms with van der Waals surface area (Å²) in [5.74, 6) is 2.75. The summed E-state index contributed by atoms with van der Waals surface area (Å²) >= 11 is 0. The highest BCUT2D eigenvalue weighted by molar-refractivity contribution is 5.83. The molecule has 10 nitrogen and oxygen atoms in total. The Hall–Kier alpha value is -3.11. The van der Waals surface area contributed by atoms with E-state index in [0.29, 0.717) is 6.54 Å². The Kier molecular flexibility index (Phi) is 8.67. The van der Waals surface area contributed by atoms with Gasteiger partial charge in [-0.1, -0.05) is 0 Å². The van der Waals surface area contributed by atoms with E-state index in [0.717, 1.165) is 116 Å². The zero-order valence-corrected chi connectivity index (χ0v) is 27.6. The lowest BCUT2D eigenvalue weighted by Gasteiger charge is -2.44. The lowest BCUT2D eigenvalue weighted by molar-refractivity contribution is -0.159. The Morgan fingerprint density at radius 3 is 2.00 bits per heavy atom. The topological polar surface area (TPSA) is 88.2 Å². The molecule has 4 aliphatic rings. The number of piperazine rings is 1. The molecule has 6 rings (SSSR count). The summed E-state index contributed by atoms with van der Waals surface area (Å²) in [6.07, 6.45) is 6.77. The smallest absolute Gasteiger partial charge is 0.381 e. The maximum Gasteiger partial charge on any atom is 0.381 e. The van der Waals surface area contributed by atoms with E-state index in [9.17, 15) is 9.90 Å². The summed E-state index contributed by atoms with van der Waals surface area (Å²) in [5.41, 5.74) is 3.76. The molecule has 5 heterocycles. The number of anilines is 3. The highest BCUT2D eigenvalue weighted by Gasteiger charge is 2.49. The van der Waals surface area contributed by atoms with Gasteiger partial charge in [0.25, 0.3) is 0 Å². The summed E-state index contributed by atoms with van der Waals surface area (Å²) in [4.78, 5) is 34.6. The van der Waals surface area contributed by atoms with E-state index in [2.05, 4.69) is 46.4 Å². The van der Waals surface area contributed by atoms with Gasteiger partial charge in [-0.2, -0.15) is 9.97 Å². The molecule has 3 saturated heterocycles. The Labute approximate surface area is 263 Å². The van der Waals surface area contributed by atoms with E-state index >= 15 is 0 Å². The van der Waals surface area contributed by atoms with Crippen LogP contribution in [0.3, 0.4) is 0 Å². The number of fused-ring (bicyclic) bond motifs is 1. The van der Waals surface area contributed by atoms with Crippen LogP contribution in [0.2, 0.25) is 0 Å². The first kappa shape index (κ1) is 30.9. The number of carbonyl (C=O) groups excluding carboxylic acids is 1. The molecule has 0 spiro atoms. The van der Waals surface area contributed by atoms with Gasteiger partial charge in [0, 0.05) is 65.0 Å². The minimum absolute atomic E-state index is 0.162. The molecule has 3 fully saturated rings. The third-order valence-corrected chi connectivity index (χ3v) is 10.7. The number of rotatable bonds is 8. The van der Waals surface area contributed by atoms with Crippen molar-refractivity contribution in [1.82, 2.24) is 19.8 Å². The third-order valence-electron chi connectivity index (χ3n) is 10.7. The Bertz CT molecular complexity index is 1340. The standard InChI is InChI=1S/C34H50N7O3/c1-23-11-12-27-26(4)30(24(2)25(3)31(27)44-23)34(32(42)43,37(5)6)22-38-17-19-40(20-18-38)29-21-28(39-13-7-8-14-39)35-33(36-29)41-15-9-10-16-41/h21,23H,7-20,22H2,1-6H3. The molecule has 0 N–H and O–H groups in total. The maximum absolute atomic E-state index is 13.3. The quantitative estimate of drug-likeness (QED) is 0.446. The number of nitrogens with zero attached hydrogens (tertiary/aromatic N) is 7. The van der Waals surface area contributed by atoms with E-state index in [-0.39, 0.29) is 6.10 Å². The van der Waals surface area contributed by atoms with Gasteiger partial charge in [0.2, 0.25) is 5.95 Å². The van der Waals surface area contributed by atoms with Crippen molar-refractivity contribution in [3.63, 3.8) is 0 Å². The Morgan fingerprint density at radius 2 is 1.43 bits per heavy atom. The summed E-state index contributed by atoms with van der Waals surface area (Å²) in [7, 11) is 3.75. The van der Waals surface area contributed by atoms with Crippen LogP contribution in [-0.4, -0.2) is 105 Å². The van der Waals surface area contributed by atoms with E-state index in [1.54, 1.807) is 0 Å². The number of likely N-dealkylation sites (N-methyl/N-ethyl adjacent to an activating group) is 1. The molecule has 2 atom stereocenters. The van der Waals surface area contributed by atoms with Crippen LogP contribution in [0.15, 0.2) is 6.07 Å². The van der Waals surface area contributed by atoms with Crippen LogP contribution in [0.25, 0.3) is 0 Å². The van der Waals surface area contributed by atoms with Crippen LogP contribution in [0.1, 0.15) is 66.8 Å². The average molecular weight is 605 g/mol. The van der Waals surface area contributed by atoms with Gasteiger partial charge in [0.1, 0.15) is 17.4 Å². The molecule has 2 aromatic rings. The SMILES string of the molecule is Cc1c(C)c(C(CN2CCN(c3cc(N4CCCC4)nc(N4CCCC4)n3)CC2)(C([O])=O)N(C)C)c(C)c2c1OC(C)CC2. The van der Waals surface area contributed by atoms with Crippen LogP contribution in [0, 0.1) is 20.8 Å². The lowest BCUT2D eigenvalue weighted by Crippen LogP contribution is -2.59. The lowest BCUT2D eigenvalue weighted by atomic mass is 9.77. The van der Waals surface area contributed by atoms with E-state index in [4.69, 9.17) is 14.7 Å². The van der Waals surface area contributed by atoms with Crippen molar-refractivity contribution in [1.29, 1.82) is 0 Å². The first-order valence-electron chi connectivity index (χ1n) is 16.6. The van der Waals surface area contributed by atoms with Gasteiger partial charge in [-0.05, 0) is 108 Å². The van der Waals surface area contributed by atoms with Crippen molar-refractivity contribution in [3.8, 4) is 5.75 Å². The molecule has 0 bridgehead atoms. The summed E-state index contributed by atoms with van der Waals surface area (Å²) in [6, 6.07) is 2.16. The molecule has 44 heavy (non-hydrogen) atoms. The number of benzene rings is 1. The normalized spacial score (nSPS) is 22.3. The van der Waals surface area contributed by atoms with E-state index in [1.807, 2.05) is 25.9 Å². The van der Waals surface area contributed by atoms with Gasteiger partial charge in [-0.3, -0.25) is 9.80 Å². The molecule has 1 radical (unpaired) electrons. The third kappa shape index (κ3) is 5.49. The summed E-state index contributed by atoms with van der Waals surface area (Å²) < 4.78 is 6.29. The molecular weight excluding hydrogens is 554 g/mol. The van der Waals surface area contributed by atoms with E-state index in [1.165, 1.54) is 25.7 Å². The molecule has 0 amide bonds. The average Bonchev–Trinajstić information content (AvgIpc) is 3.75. The number of aromatic nitrogens is 2. The number of hydrogen-bond acceptors (Lipinski definition) is 9. The van der Waals surface area contributed by atoms with Gasteiger partial charge in [-0.15, -0.1) is 0 Å². The van der Waals surface area contributed by atoms with Crippen molar-refractivity contribution in [2.75, 3.05) is 87.7 Å². The molecule has 1 aromatic carbocycles. The zero-order valence-electron chi connectivity index (χ0n) is 27.6. The second-order valence-electron chi connectivity index (χ2n) is 13.6. The minimum Gasteiger partial charge on any atom is -0.490 e. The van der Waals surface area contributed by atoms with Crippen molar-refractivity contribution >= 4 is 23.6 Å². The second-order valence-corrected chi connectivity index (χ2v) is 13.6. The van der Waals surface area contributed by atoms with Gasteiger partial charge in [0.15, 0.2) is 5.54 Å². The molecule has 2 unspecified atom stereocenters. The van der Waals surface area contributed by atoms with Gasteiger partial charge in [-0.25, -0.2) is 9.90 Å². The van der Waals surface area contributed by atoms with Crippen molar-refractivity contribution in [2.24, 2.45) is 0 Å². The maximum atomic E-state index is 13.3. The fraction of sp³-hybridized carbons (Fsp3) is 0.676. The molecule has 0 aliphatic carbocycles. The van der Waals surface area contributed by atoms with Crippen LogP contribution < -0.4 is 19.4 Å². The highest BCUT2D eigenvalue weighted by atomic mass is 16.5. The largest absolute Gasteiger partial charge is 0.490 e. The van der Waals surface area contributed by atoms with Gasteiger partial charge >= 0.3 is 5.97 Å². The van der Waals surface area contributed by atoms with Crippen LogP contribution in [-0.2, 0) is 21.9 Å². The van der Waals surface area contributed by atoms with Crippen molar-refractivity contribution in [2.45, 2.75) is 77.9 Å². The molecule has 0 saturated carbocycles. The van der Waals surface area contributed by atoms with E-state index < -0.39 is 11.5 Å². The van der Waals surface area contributed by atoms with Crippen LogP contribution in [0.5, 0.6) is 5.75 Å². The van der Waals surface area contributed by atoms with Gasteiger partial charge in [0.05, 0.1) is 6.10 Å². The Balaban J connectivity index is 1.27. The molecule has 10 heteroatoms. The fourth-order valence-corrected chi connectivity index (χ4v) is 7.87.